The third-order valence-electron chi connectivity index (χ3n) is 3.65. The summed E-state index contributed by atoms with van der Waals surface area (Å²) in [4.78, 5) is 14.0. The number of carbonyl (C=O) groups is 1. The molecule has 2 N–H and O–H groups in total. The number of likely N-dealkylation sites (tertiary alicyclic amines) is 1. The van der Waals surface area contributed by atoms with Crippen molar-refractivity contribution in [1.82, 2.24) is 4.90 Å². The first-order chi connectivity index (χ1) is 10.2. The lowest BCUT2D eigenvalue weighted by molar-refractivity contribution is 0.0220. The number of nitrogens with two attached hydrogens (primary N) is 1. The van der Waals surface area contributed by atoms with Crippen LogP contribution < -0.4 is 5.73 Å². The molecule has 0 bridgehead atoms. The van der Waals surface area contributed by atoms with Crippen LogP contribution in [0.15, 0.2) is 22.7 Å². The Balaban J connectivity index is 2.12. The number of rotatable bonds is 2. The van der Waals surface area contributed by atoms with Crippen LogP contribution in [0.3, 0.4) is 0 Å². The maximum Gasteiger partial charge on any atom is 0.410 e. The van der Waals surface area contributed by atoms with Gasteiger partial charge in [0.05, 0.1) is 10.5 Å². The fraction of sp³-hybridized carbons (Fsp3) is 0.562. The SMILES string of the molecule is CC(C)(C)OC(=O)N1CC[C@H](N)[C@@H]1Cc1ccc(F)c(Br)c1. The molecule has 1 aliphatic heterocycles. The number of hydrogen-bond acceptors (Lipinski definition) is 3. The van der Waals surface area contributed by atoms with Crippen LogP contribution in [0.5, 0.6) is 0 Å². The van der Waals surface area contributed by atoms with Gasteiger partial charge in [-0.1, -0.05) is 6.07 Å². The summed E-state index contributed by atoms with van der Waals surface area (Å²) < 4.78 is 19.2. The number of hydrogen-bond donors (Lipinski definition) is 1. The van der Waals surface area contributed by atoms with E-state index in [2.05, 4.69) is 15.9 Å². The monoisotopic (exact) mass is 372 g/mol. The predicted octanol–water partition coefficient (Wildman–Crippen LogP) is 3.47. The van der Waals surface area contributed by atoms with Gasteiger partial charge in [-0.05, 0) is 67.2 Å². The highest BCUT2D eigenvalue weighted by Crippen LogP contribution is 2.25. The molecule has 1 heterocycles. The van der Waals surface area contributed by atoms with Gasteiger partial charge < -0.3 is 15.4 Å². The number of amides is 1. The highest BCUT2D eigenvalue weighted by molar-refractivity contribution is 9.10. The van der Waals surface area contributed by atoms with Crippen molar-refractivity contribution in [2.24, 2.45) is 5.73 Å². The zero-order chi connectivity index (χ0) is 16.5. The van der Waals surface area contributed by atoms with Crippen LogP contribution in [-0.2, 0) is 11.2 Å². The van der Waals surface area contributed by atoms with Gasteiger partial charge in [0.25, 0.3) is 0 Å². The lowest BCUT2D eigenvalue weighted by Gasteiger charge is -2.30. The van der Waals surface area contributed by atoms with Gasteiger partial charge in [-0.25, -0.2) is 9.18 Å². The molecule has 0 spiro atoms. The van der Waals surface area contributed by atoms with Crippen molar-refractivity contribution in [2.75, 3.05) is 6.54 Å². The van der Waals surface area contributed by atoms with E-state index < -0.39 is 5.60 Å². The largest absolute Gasteiger partial charge is 0.444 e. The average Bonchev–Trinajstić information content (AvgIpc) is 2.74. The van der Waals surface area contributed by atoms with Gasteiger partial charge in [-0.2, -0.15) is 0 Å². The van der Waals surface area contributed by atoms with Crippen molar-refractivity contribution in [3.63, 3.8) is 0 Å². The minimum absolute atomic E-state index is 0.101. The van der Waals surface area contributed by atoms with E-state index in [1.54, 1.807) is 17.0 Å². The summed E-state index contributed by atoms with van der Waals surface area (Å²) in [6.45, 7) is 6.11. The molecule has 4 nitrogen and oxygen atoms in total. The molecule has 2 atom stereocenters. The minimum Gasteiger partial charge on any atom is -0.444 e. The maximum atomic E-state index is 13.3. The molecule has 1 fully saturated rings. The zero-order valence-electron chi connectivity index (χ0n) is 13.1. The smallest absolute Gasteiger partial charge is 0.410 e. The van der Waals surface area contributed by atoms with E-state index in [0.717, 1.165) is 12.0 Å². The summed E-state index contributed by atoms with van der Waals surface area (Å²) in [6.07, 6.45) is 0.984. The molecular formula is C16H22BrFN2O2. The Morgan fingerprint density at radius 2 is 2.18 bits per heavy atom. The zero-order valence-corrected chi connectivity index (χ0v) is 14.7. The van der Waals surface area contributed by atoms with Crippen molar-refractivity contribution in [1.29, 1.82) is 0 Å². The number of benzene rings is 1. The molecule has 1 amide bonds. The van der Waals surface area contributed by atoms with Crippen molar-refractivity contribution < 1.29 is 13.9 Å². The molecule has 22 heavy (non-hydrogen) atoms. The summed E-state index contributed by atoms with van der Waals surface area (Å²) in [5, 5.41) is 0. The van der Waals surface area contributed by atoms with E-state index in [0.29, 0.717) is 17.4 Å². The summed E-state index contributed by atoms with van der Waals surface area (Å²) >= 11 is 3.18. The van der Waals surface area contributed by atoms with Crippen molar-refractivity contribution >= 4 is 22.0 Å². The standard InChI is InChI=1S/C16H22BrFN2O2/c1-16(2,3)22-15(21)20-7-6-13(19)14(20)9-10-4-5-12(18)11(17)8-10/h4-5,8,13-14H,6-7,9,19H2,1-3H3/t13-,14-/m0/s1. The maximum absolute atomic E-state index is 13.3. The molecule has 0 unspecified atom stereocenters. The van der Waals surface area contributed by atoms with Crippen LogP contribution >= 0.6 is 15.9 Å². The lowest BCUT2D eigenvalue weighted by atomic mass is 10.0. The van der Waals surface area contributed by atoms with Crippen LogP contribution in [-0.4, -0.2) is 35.2 Å². The Labute approximate surface area is 138 Å². The fourth-order valence-electron chi connectivity index (χ4n) is 2.59. The third-order valence-corrected chi connectivity index (χ3v) is 4.26. The molecule has 6 heteroatoms. The molecule has 2 rings (SSSR count). The molecule has 1 aromatic rings. The van der Waals surface area contributed by atoms with Gasteiger partial charge in [-0.15, -0.1) is 0 Å². The predicted molar refractivity (Wildman–Crippen MR) is 87.1 cm³/mol. The summed E-state index contributed by atoms with van der Waals surface area (Å²) in [5.74, 6) is -0.302. The molecule has 0 saturated carbocycles. The van der Waals surface area contributed by atoms with Crippen LogP contribution in [0.4, 0.5) is 9.18 Å². The number of ether oxygens (including phenoxy) is 1. The van der Waals surface area contributed by atoms with Gasteiger partial charge >= 0.3 is 6.09 Å². The highest BCUT2D eigenvalue weighted by Gasteiger charge is 2.37. The highest BCUT2D eigenvalue weighted by atomic mass is 79.9. The van der Waals surface area contributed by atoms with Gasteiger partial charge in [0.2, 0.25) is 0 Å². The van der Waals surface area contributed by atoms with Crippen molar-refractivity contribution in [3.05, 3.63) is 34.1 Å². The van der Waals surface area contributed by atoms with E-state index in [1.807, 2.05) is 20.8 Å². The van der Waals surface area contributed by atoms with Crippen LogP contribution in [0, 0.1) is 5.82 Å². The van der Waals surface area contributed by atoms with E-state index in [9.17, 15) is 9.18 Å². The second-order valence-electron chi connectivity index (χ2n) is 6.65. The first-order valence-electron chi connectivity index (χ1n) is 7.36. The summed E-state index contributed by atoms with van der Waals surface area (Å²) in [5.41, 5.74) is 6.55. The summed E-state index contributed by atoms with van der Waals surface area (Å²) in [7, 11) is 0. The summed E-state index contributed by atoms with van der Waals surface area (Å²) in [6, 6.07) is 4.63. The minimum atomic E-state index is -0.535. The Kier molecular flexibility index (Phi) is 5.12. The fourth-order valence-corrected chi connectivity index (χ4v) is 3.02. The van der Waals surface area contributed by atoms with Crippen LogP contribution in [0.25, 0.3) is 0 Å². The van der Waals surface area contributed by atoms with Gasteiger partial charge in [0.15, 0.2) is 0 Å². The molecule has 122 valence electrons. The van der Waals surface area contributed by atoms with Crippen molar-refractivity contribution in [3.8, 4) is 0 Å². The molecule has 1 aliphatic rings. The van der Waals surface area contributed by atoms with Crippen LogP contribution in [0.2, 0.25) is 0 Å². The van der Waals surface area contributed by atoms with Crippen molar-refractivity contribution in [2.45, 2.75) is 51.3 Å². The van der Waals surface area contributed by atoms with E-state index >= 15 is 0 Å². The average molecular weight is 373 g/mol. The quantitative estimate of drug-likeness (QED) is 0.864. The number of halogens is 2. The number of carbonyl (C=O) groups excluding carboxylic acids is 1. The number of nitrogens with zero attached hydrogens (tertiary/aromatic N) is 1. The molecule has 1 saturated heterocycles. The Morgan fingerprint density at radius 1 is 1.50 bits per heavy atom. The van der Waals surface area contributed by atoms with E-state index in [1.165, 1.54) is 6.07 Å². The van der Waals surface area contributed by atoms with E-state index in [-0.39, 0.29) is 24.0 Å². The first-order valence-corrected chi connectivity index (χ1v) is 8.16. The third kappa shape index (κ3) is 4.20. The van der Waals surface area contributed by atoms with Crippen LogP contribution in [0.1, 0.15) is 32.8 Å². The second kappa shape index (κ2) is 6.54. The second-order valence-corrected chi connectivity index (χ2v) is 7.50. The van der Waals surface area contributed by atoms with Gasteiger partial charge in [-0.3, -0.25) is 0 Å². The first kappa shape index (κ1) is 17.2. The van der Waals surface area contributed by atoms with Gasteiger partial charge in [0.1, 0.15) is 11.4 Å². The topological polar surface area (TPSA) is 55.6 Å². The lowest BCUT2D eigenvalue weighted by Crippen LogP contribution is -2.46. The molecular weight excluding hydrogens is 351 g/mol. The van der Waals surface area contributed by atoms with Gasteiger partial charge in [0, 0.05) is 12.6 Å². The Bertz CT molecular complexity index is 560. The molecule has 0 aromatic heterocycles. The normalized spacial score (nSPS) is 22.0. The Morgan fingerprint density at radius 3 is 2.77 bits per heavy atom. The van der Waals surface area contributed by atoms with E-state index in [4.69, 9.17) is 10.5 Å². The molecule has 0 radical (unpaired) electrons. The Hall–Kier alpha value is -1.14. The molecule has 0 aliphatic carbocycles. The molecule has 1 aromatic carbocycles.